The van der Waals surface area contributed by atoms with Crippen molar-refractivity contribution in [3.8, 4) is 0 Å². The third-order valence-corrected chi connectivity index (χ3v) is 4.09. The molecule has 23 heavy (non-hydrogen) atoms. The molecule has 0 aliphatic carbocycles. The number of hydrogen-bond donors (Lipinski definition) is 2. The van der Waals surface area contributed by atoms with E-state index in [9.17, 15) is 15.2 Å². The highest BCUT2D eigenvalue weighted by atomic mass is 16.6. The molecule has 2 unspecified atom stereocenters. The Bertz CT molecular complexity index is 709. The van der Waals surface area contributed by atoms with Crippen molar-refractivity contribution in [3.63, 3.8) is 0 Å². The number of hydrogen-bond acceptors (Lipinski definition) is 5. The summed E-state index contributed by atoms with van der Waals surface area (Å²) >= 11 is 0. The second kappa shape index (κ2) is 6.47. The molecule has 0 radical (unpaired) electrons. The van der Waals surface area contributed by atoms with Crippen molar-refractivity contribution in [1.29, 1.82) is 0 Å². The predicted molar refractivity (Wildman–Crippen MR) is 87.0 cm³/mol. The van der Waals surface area contributed by atoms with Gasteiger partial charge in [0, 0.05) is 43.0 Å². The van der Waals surface area contributed by atoms with Crippen LogP contribution in [0.4, 0.5) is 5.69 Å². The van der Waals surface area contributed by atoms with Crippen LogP contribution in [0.3, 0.4) is 0 Å². The minimum absolute atomic E-state index is 0.107. The summed E-state index contributed by atoms with van der Waals surface area (Å²) in [5.74, 6) is 0. The van der Waals surface area contributed by atoms with Crippen LogP contribution in [-0.4, -0.2) is 26.4 Å². The number of aliphatic hydroxyl groups is 1. The Kier molecular flexibility index (Phi) is 4.82. The summed E-state index contributed by atoms with van der Waals surface area (Å²) in [5, 5.41) is 28.9. The van der Waals surface area contributed by atoms with Crippen molar-refractivity contribution in [2.75, 3.05) is 6.54 Å². The van der Waals surface area contributed by atoms with Crippen molar-refractivity contribution in [2.45, 2.75) is 32.4 Å². The smallest absolute Gasteiger partial charge is 0.272 e. The zero-order valence-electron chi connectivity index (χ0n) is 13.8. The number of nitro benzene ring substituents is 1. The van der Waals surface area contributed by atoms with Gasteiger partial charge in [-0.05, 0) is 26.3 Å². The Morgan fingerprint density at radius 1 is 1.52 bits per heavy atom. The highest BCUT2D eigenvalue weighted by Crippen LogP contribution is 2.27. The van der Waals surface area contributed by atoms with E-state index >= 15 is 0 Å². The number of aromatic nitrogens is 2. The molecular weight excluding hydrogens is 296 g/mol. The van der Waals surface area contributed by atoms with Gasteiger partial charge >= 0.3 is 0 Å². The van der Waals surface area contributed by atoms with E-state index in [-0.39, 0.29) is 16.7 Å². The van der Waals surface area contributed by atoms with Gasteiger partial charge in [-0.3, -0.25) is 14.8 Å². The van der Waals surface area contributed by atoms with Crippen LogP contribution < -0.4 is 5.32 Å². The largest absolute Gasteiger partial charge is 0.384 e. The van der Waals surface area contributed by atoms with Crippen molar-refractivity contribution in [1.82, 2.24) is 15.1 Å². The molecule has 2 atom stereocenters. The van der Waals surface area contributed by atoms with Crippen molar-refractivity contribution in [3.05, 3.63) is 57.4 Å². The van der Waals surface area contributed by atoms with Crippen LogP contribution in [0.5, 0.6) is 0 Å². The molecule has 0 bridgehead atoms. The molecule has 0 spiro atoms. The molecule has 0 fully saturated rings. The quantitative estimate of drug-likeness (QED) is 0.629. The SMILES string of the molecule is Cc1c(C(C)NCC(C)(O)c2cnn(C)c2)cccc1[N+](=O)[O-]. The van der Waals surface area contributed by atoms with Crippen LogP contribution in [0.2, 0.25) is 0 Å². The normalized spacial score (nSPS) is 15.2. The van der Waals surface area contributed by atoms with Gasteiger partial charge in [-0.25, -0.2) is 0 Å². The maximum Gasteiger partial charge on any atom is 0.272 e. The molecule has 0 amide bonds. The van der Waals surface area contributed by atoms with Gasteiger partial charge in [0.05, 0.1) is 11.1 Å². The molecule has 7 heteroatoms. The first kappa shape index (κ1) is 17.1. The molecule has 0 saturated carbocycles. The van der Waals surface area contributed by atoms with E-state index in [1.807, 2.05) is 13.0 Å². The summed E-state index contributed by atoms with van der Waals surface area (Å²) in [6.45, 7) is 5.68. The standard InChI is InChI=1S/C16H22N4O3/c1-11-14(6-5-7-15(11)20(22)23)12(2)17-10-16(3,21)13-8-18-19(4)9-13/h5-9,12,17,21H,10H2,1-4H3. The predicted octanol–water partition coefficient (Wildman–Crippen LogP) is 2.20. The van der Waals surface area contributed by atoms with Crippen LogP contribution in [0.15, 0.2) is 30.6 Å². The van der Waals surface area contributed by atoms with E-state index in [0.717, 1.165) is 11.1 Å². The van der Waals surface area contributed by atoms with Gasteiger partial charge in [-0.1, -0.05) is 12.1 Å². The van der Waals surface area contributed by atoms with Crippen LogP contribution in [-0.2, 0) is 12.6 Å². The highest BCUT2D eigenvalue weighted by molar-refractivity contribution is 5.45. The van der Waals surface area contributed by atoms with Crippen LogP contribution >= 0.6 is 0 Å². The zero-order chi connectivity index (χ0) is 17.2. The molecule has 0 aliphatic heterocycles. The third-order valence-electron chi connectivity index (χ3n) is 4.09. The van der Waals surface area contributed by atoms with Crippen molar-refractivity contribution in [2.24, 2.45) is 7.05 Å². The second-order valence-electron chi connectivity index (χ2n) is 6.03. The van der Waals surface area contributed by atoms with Crippen molar-refractivity contribution >= 4 is 5.69 Å². The third kappa shape index (κ3) is 3.75. The van der Waals surface area contributed by atoms with E-state index in [1.54, 1.807) is 44.0 Å². The highest BCUT2D eigenvalue weighted by Gasteiger charge is 2.26. The molecule has 2 rings (SSSR count). The molecular formula is C16H22N4O3. The summed E-state index contributed by atoms with van der Waals surface area (Å²) in [6, 6.07) is 4.91. The number of rotatable bonds is 6. The van der Waals surface area contributed by atoms with E-state index < -0.39 is 5.60 Å². The van der Waals surface area contributed by atoms with E-state index in [0.29, 0.717) is 12.1 Å². The number of nitrogens with one attached hydrogen (secondary N) is 1. The molecule has 1 heterocycles. The molecule has 2 N–H and O–H groups in total. The van der Waals surface area contributed by atoms with Crippen LogP contribution in [0.25, 0.3) is 0 Å². The summed E-state index contributed by atoms with van der Waals surface area (Å²) in [5.41, 5.74) is 1.24. The molecule has 0 aliphatic rings. The topological polar surface area (TPSA) is 93.2 Å². The van der Waals surface area contributed by atoms with Gasteiger partial charge in [-0.15, -0.1) is 0 Å². The zero-order valence-corrected chi connectivity index (χ0v) is 13.8. The lowest BCUT2D eigenvalue weighted by Crippen LogP contribution is -2.36. The Morgan fingerprint density at radius 2 is 2.22 bits per heavy atom. The number of benzene rings is 1. The van der Waals surface area contributed by atoms with Crippen LogP contribution in [0.1, 0.15) is 36.6 Å². The fourth-order valence-corrected chi connectivity index (χ4v) is 2.57. The van der Waals surface area contributed by atoms with Gasteiger partial charge in [0.2, 0.25) is 0 Å². The summed E-state index contributed by atoms with van der Waals surface area (Å²) in [6.07, 6.45) is 3.40. The minimum Gasteiger partial charge on any atom is -0.384 e. The maximum atomic E-state index is 11.0. The minimum atomic E-state index is -1.07. The fourth-order valence-electron chi connectivity index (χ4n) is 2.57. The molecule has 7 nitrogen and oxygen atoms in total. The van der Waals surface area contributed by atoms with Crippen LogP contribution in [0, 0.1) is 17.0 Å². The van der Waals surface area contributed by atoms with Gasteiger partial charge < -0.3 is 10.4 Å². The average Bonchev–Trinajstić information content (AvgIpc) is 2.92. The van der Waals surface area contributed by atoms with E-state index in [1.165, 1.54) is 6.07 Å². The Labute approximate surface area is 135 Å². The molecule has 1 aromatic heterocycles. The molecule has 2 aromatic rings. The molecule has 1 aromatic carbocycles. The van der Waals surface area contributed by atoms with Gasteiger partial charge in [-0.2, -0.15) is 5.10 Å². The van der Waals surface area contributed by atoms with E-state index in [4.69, 9.17) is 0 Å². The maximum absolute atomic E-state index is 11.0. The molecule has 0 saturated heterocycles. The molecule has 124 valence electrons. The number of nitrogens with zero attached hydrogens (tertiary/aromatic N) is 3. The second-order valence-corrected chi connectivity index (χ2v) is 6.03. The lowest BCUT2D eigenvalue weighted by atomic mass is 9.97. The summed E-state index contributed by atoms with van der Waals surface area (Å²) in [7, 11) is 1.79. The average molecular weight is 318 g/mol. The first-order chi connectivity index (χ1) is 10.7. The Hall–Kier alpha value is -2.25. The monoisotopic (exact) mass is 318 g/mol. The van der Waals surface area contributed by atoms with Gasteiger partial charge in [0.1, 0.15) is 5.60 Å². The first-order valence-corrected chi connectivity index (χ1v) is 7.41. The van der Waals surface area contributed by atoms with Gasteiger partial charge in [0.15, 0.2) is 0 Å². The van der Waals surface area contributed by atoms with Gasteiger partial charge in [0.25, 0.3) is 5.69 Å². The number of nitro groups is 1. The lowest BCUT2D eigenvalue weighted by molar-refractivity contribution is -0.385. The van der Waals surface area contributed by atoms with Crippen molar-refractivity contribution < 1.29 is 10.0 Å². The fraction of sp³-hybridized carbons (Fsp3) is 0.438. The number of aryl methyl sites for hydroxylation is 1. The Balaban J connectivity index is 2.12. The summed E-state index contributed by atoms with van der Waals surface area (Å²) in [4.78, 5) is 10.7. The summed E-state index contributed by atoms with van der Waals surface area (Å²) < 4.78 is 1.64. The van der Waals surface area contributed by atoms with E-state index in [2.05, 4.69) is 10.4 Å². The lowest BCUT2D eigenvalue weighted by Gasteiger charge is -2.25. The first-order valence-electron chi connectivity index (χ1n) is 7.41. The Morgan fingerprint density at radius 3 is 2.78 bits per heavy atom.